The van der Waals surface area contributed by atoms with E-state index >= 15 is 0 Å². The molecule has 0 unspecified atom stereocenters. The van der Waals surface area contributed by atoms with Crippen molar-refractivity contribution in [1.82, 2.24) is 10.2 Å². The van der Waals surface area contributed by atoms with E-state index in [2.05, 4.69) is 15.4 Å². The van der Waals surface area contributed by atoms with E-state index in [0.717, 1.165) is 28.1 Å². The summed E-state index contributed by atoms with van der Waals surface area (Å²) in [5.41, 5.74) is 5.38. The second kappa shape index (κ2) is 6.95. The maximum Gasteiger partial charge on any atom is 0.208 e. The van der Waals surface area contributed by atoms with Crippen molar-refractivity contribution in [3.63, 3.8) is 0 Å². The molecule has 0 atom stereocenters. The average Bonchev–Trinajstić information content (AvgIpc) is 2.82. The molecule has 0 aliphatic carbocycles. The zero-order chi connectivity index (χ0) is 14.5. The molecule has 0 saturated heterocycles. The van der Waals surface area contributed by atoms with Crippen molar-refractivity contribution in [2.24, 2.45) is 16.3 Å². The van der Waals surface area contributed by atoms with E-state index in [4.69, 9.17) is 10.9 Å². The van der Waals surface area contributed by atoms with Gasteiger partial charge in [-0.1, -0.05) is 42.1 Å². The van der Waals surface area contributed by atoms with Crippen LogP contribution >= 0.6 is 23.1 Å². The fourth-order valence-electron chi connectivity index (χ4n) is 1.38. The van der Waals surface area contributed by atoms with E-state index in [1.807, 2.05) is 32.8 Å². The Hall–Kier alpha value is -1.02. The topological polar surface area (TPSA) is 87.6 Å². The van der Waals surface area contributed by atoms with Gasteiger partial charge in [0, 0.05) is 25.3 Å². The predicted octanol–water partition coefficient (Wildman–Crippen LogP) is 2.25. The summed E-state index contributed by atoms with van der Waals surface area (Å²) >= 11 is 3.28. The molecule has 19 heavy (non-hydrogen) atoms. The van der Waals surface area contributed by atoms with Gasteiger partial charge in [-0.25, -0.2) is 0 Å². The summed E-state index contributed by atoms with van der Waals surface area (Å²) in [6.45, 7) is 3.95. The lowest BCUT2D eigenvalue weighted by Gasteiger charge is -2.22. The number of rotatable bonds is 7. The first-order valence-electron chi connectivity index (χ1n) is 5.98. The van der Waals surface area contributed by atoms with Gasteiger partial charge in [0.25, 0.3) is 0 Å². The Morgan fingerprint density at radius 1 is 1.47 bits per heavy atom. The molecular weight excluding hydrogens is 282 g/mol. The van der Waals surface area contributed by atoms with Crippen LogP contribution in [0.15, 0.2) is 9.50 Å². The monoisotopic (exact) mass is 303 g/mol. The summed E-state index contributed by atoms with van der Waals surface area (Å²) in [6.07, 6.45) is 1.85. The zero-order valence-electron chi connectivity index (χ0n) is 11.8. The second-order valence-electron chi connectivity index (χ2n) is 5.07. The third kappa shape index (κ3) is 4.87. The SMILES string of the molecule is CN(C)c1nnc(SCCCC(C)(C)C(N)=NO)s1. The minimum atomic E-state index is -0.273. The van der Waals surface area contributed by atoms with Gasteiger partial charge in [-0.3, -0.25) is 0 Å². The molecule has 1 aromatic heterocycles. The largest absolute Gasteiger partial charge is 0.409 e. The lowest BCUT2D eigenvalue weighted by atomic mass is 9.87. The number of hydrogen-bond acceptors (Lipinski definition) is 7. The summed E-state index contributed by atoms with van der Waals surface area (Å²) in [4.78, 5) is 1.95. The lowest BCUT2D eigenvalue weighted by molar-refractivity contribution is 0.305. The first kappa shape index (κ1) is 16.0. The highest BCUT2D eigenvalue weighted by atomic mass is 32.2. The number of hydrogen-bond donors (Lipinski definition) is 2. The van der Waals surface area contributed by atoms with Gasteiger partial charge in [-0.05, 0) is 12.8 Å². The van der Waals surface area contributed by atoms with Crippen LogP contribution in [0.4, 0.5) is 5.13 Å². The van der Waals surface area contributed by atoms with Crippen LogP contribution in [0.25, 0.3) is 0 Å². The molecule has 0 fully saturated rings. The van der Waals surface area contributed by atoms with Gasteiger partial charge < -0.3 is 15.8 Å². The van der Waals surface area contributed by atoms with Crippen molar-refractivity contribution in [3.8, 4) is 0 Å². The van der Waals surface area contributed by atoms with E-state index in [1.54, 1.807) is 23.1 Å². The molecule has 1 heterocycles. The van der Waals surface area contributed by atoms with E-state index < -0.39 is 0 Å². The Bertz CT molecular complexity index is 430. The number of amidine groups is 1. The van der Waals surface area contributed by atoms with Crippen LogP contribution in [-0.4, -0.2) is 41.1 Å². The molecule has 0 radical (unpaired) electrons. The van der Waals surface area contributed by atoms with Gasteiger partial charge in [0.1, 0.15) is 5.84 Å². The first-order chi connectivity index (χ1) is 8.86. The van der Waals surface area contributed by atoms with E-state index in [9.17, 15) is 0 Å². The van der Waals surface area contributed by atoms with Crippen LogP contribution in [-0.2, 0) is 0 Å². The van der Waals surface area contributed by atoms with Crippen LogP contribution in [0.1, 0.15) is 26.7 Å². The minimum Gasteiger partial charge on any atom is -0.409 e. The first-order valence-corrected chi connectivity index (χ1v) is 7.78. The fraction of sp³-hybridized carbons (Fsp3) is 0.727. The molecule has 0 aliphatic heterocycles. The molecule has 0 bridgehead atoms. The summed E-state index contributed by atoms with van der Waals surface area (Å²) in [5.74, 6) is 1.23. The van der Waals surface area contributed by atoms with Crippen molar-refractivity contribution >= 4 is 34.1 Å². The van der Waals surface area contributed by atoms with Crippen molar-refractivity contribution in [3.05, 3.63) is 0 Å². The number of nitrogens with two attached hydrogens (primary N) is 1. The van der Waals surface area contributed by atoms with Crippen molar-refractivity contribution < 1.29 is 5.21 Å². The predicted molar refractivity (Wildman–Crippen MR) is 81.4 cm³/mol. The summed E-state index contributed by atoms with van der Waals surface area (Å²) in [6, 6.07) is 0. The van der Waals surface area contributed by atoms with Crippen LogP contribution in [0.2, 0.25) is 0 Å². The molecule has 8 heteroatoms. The van der Waals surface area contributed by atoms with E-state index in [1.165, 1.54) is 0 Å². The number of thioether (sulfide) groups is 1. The van der Waals surface area contributed by atoms with Gasteiger partial charge in [0.15, 0.2) is 4.34 Å². The number of aromatic nitrogens is 2. The third-order valence-corrected chi connectivity index (χ3v) is 5.06. The Kier molecular flexibility index (Phi) is 5.86. The molecule has 0 amide bonds. The zero-order valence-corrected chi connectivity index (χ0v) is 13.4. The maximum atomic E-state index is 8.70. The molecule has 6 nitrogen and oxygen atoms in total. The molecule has 108 valence electrons. The highest BCUT2D eigenvalue weighted by Gasteiger charge is 2.22. The quantitative estimate of drug-likeness (QED) is 0.201. The second-order valence-corrected chi connectivity index (χ2v) is 7.36. The molecule has 1 aromatic rings. The fourth-order valence-corrected chi connectivity index (χ4v) is 3.15. The van der Waals surface area contributed by atoms with Crippen molar-refractivity contribution in [1.29, 1.82) is 0 Å². The van der Waals surface area contributed by atoms with Gasteiger partial charge >= 0.3 is 0 Å². The number of anilines is 1. The summed E-state index contributed by atoms with van der Waals surface area (Å²) in [5, 5.41) is 20.9. The minimum absolute atomic E-state index is 0.273. The van der Waals surface area contributed by atoms with Crippen molar-refractivity contribution in [2.45, 2.75) is 31.0 Å². The molecule has 0 aliphatic rings. The highest BCUT2D eigenvalue weighted by molar-refractivity contribution is 8.01. The number of nitrogens with zero attached hydrogens (tertiary/aromatic N) is 4. The van der Waals surface area contributed by atoms with Crippen molar-refractivity contribution in [2.75, 3.05) is 24.7 Å². The molecular formula is C11H21N5OS2. The third-order valence-electron chi connectivity index (χ3n) is 2.75. The van der Waals surface area contributed by atoms with Gasteiger partial charge in [0.05, 0.1) is 0 Å². The van der Waals surface area contributed by atoms with Crippen LogP contribution in [0.5, 0.6) is 0 Å². The molecule has 0 spiro atoms. The summed E-state index contributed by atoms with van der Waals surface area (Å²) < 4.78 is 0.977. The summed E-state index contributed by atoms with van der Waals surface area (Å²) in [7, 11) is 3.91. The lowest BCUT2D eigenvalue weighted by Crippen LogP contribution is -2.31. The Labute approximate surface area is 122 Å². The Morgan fingerprint density at radius 3 is 2.68 bits per heavy atom. The smallest absolute Gasteiger partial charge is 0.208 e. The van der Waals surface area contributed by atoms with Gasteiger partial charge in [-0.2, -0.15) is 0 Å². The highest BCUT2D eigenvalue weighted by Crippen LogP contribution is 2.29. The van der Waals surface area contributed by atoms with Gasteiger partial charge in [-0.15, -0.1) is 10.2 Å². The van der Waals surface area contributed by atoms with E-state index in [-0.39, 0.29) is 11.3 Å². The van der Waals surface area contributed by atoms with Crippen LogP contribution in [0, 0.1) is 5.41 Å². The molecule has 0 saturated carbocycles. The molecule has 3 N–H and O–H groups in total. The number of oxime groups is 1. The maximum absolute atomic E-state index is 8.70. The Balaban J connectivity index is 2.34. The molecule has 1 rings (SSSR count). The normalized spacial score (nSPS) is 12.7. The Morgan fingerprint density at radius 2 is 2.16 bits per heavy atom. The molecule has 0 aromatic carbocycles. The standard InChI is InChI=1S/C11H21N5OS2/c1-11(2,8(12)15-17)6-5-7-18-10-14-13-9(19-10)16(3)4/h17H,5-7H2,1-4H3,(H2,12,15). The van der Waals surface area contributed by atoms with E-state index in [0.29, 0.717) is 0 Å². The average molecular weight is 303 g/mol. The van der Waals surface area contributed by atoms with Crippen LogP contribution in [0.3, 0.4) is 0 Å². The van der Waals surface area contributed by atoms with Crippen LogP contribution < -0.4 is 10.6 Å². The van der Waals surface area contributed by atoms with Gasteiger partial charge in [0.2, 0.25) is 5.13 Å².